The molecule has 0 fully saturated rings. The van der Waals surface area contributed by atoms with Crippen molar-refractivity contribution in [2.75, 3.05) is 0 Å². The van der Waals surface area contributed by atoms with E-state index in [1.165, 1.54) is 54.8 Å². The smallest absolute Gasteiger partial charge is 0.138 e. The molecule has 0 radical (unpaired) electrons. The number of aromatic nitrogens is 3. The predicted octanol–water partition coefficient (Wildman–Crippen LogP) is 12.3. The molecule has 9 aromatic rings. The van der Waals surface area contributed by atoms with Crippen LogP contribution in [0.25, 0.3) is 83.1 Å². The number of hydrogen-bond donors (Lipinski definition) is 0. The second-order valence-corrected chi connectivity index (χ2v) is 13.1. The van der Waals surface area contributed by atoms with Gasteiger partial charge in [0.05, 0.1) is 27.8 Å². The topological polar surface area (TPSA) is 22.8 Å². The van der Waals surface area contributed by atoms with E-state index in [2.05, 4.69) is 185 Å². The molecule has 3 aromatic heterocycles. The second-order valence-electron chi connectivity index (χ2n) is 13.1. The second kappa shape index (κ2) is 11.6. The van der Waals surface area contributed by atoms with Gasteiger partial charge >= 0.3 is 0 Å². The van der Waals surface area contributed by atoms with Gasteiger partial charge in [-0.2, -0.15) is 0 Å². The first-order valence-electron chi connectivity index (χ1n) is 17.4. The number of nitrogens with zero attached hydrogens (tertiary/aromatic N) is 3. The van der Waals surface area contributed by atoms with Crippen LogP contribution in [-0.2, 0) is 0 Å². The van der Waals surface area contributed by atoms with Crippen molar-refractivity contribution in [3.63, 3.8) is 0 Å². The molecule has 0 saturated carbocycles. The van der Waals surface area contributed by atoms with Gasteiger partial charge < -0.3 is 4.57 Å². The maximum Gasteiger partial charge on any atom is 0.138 e. The summed E-state index contributed by atoms with van der Waals surface area (Å²) >= 11 is 0. The van der Waals surface area contributed by atoms with E-state index < -0.39 is 0 Å². The van der Waals surface area contributed by atoms with Gasteiger partial charge in [0.15, 0.2) is 0 Å². The summed E-state index contributed by atoms with van der Waals surface area (Å²) in [5.41, 5.74) is 12.9. The van der Waals surface area contributed by atoms with Gasteiger partial charge in [-0.25, -0.2) is 4.98 Å². The summed E-state index contributed by atoms with van der Waals surface area (Å²) in [4.78, 5) is 5.39. The molecule has 1 aliphatic rings. The van der Waals surface area contributed by atoms with Gasteiger partial charge in [-0.1, -0.05) is 133 Å². The highest BCUT2D eigenvalue weighted by Crippen LogP contribution is 2.43. The molecular formula is C47H33N3. The highest BCUT2D eigenvalue weighted by molar-refractivity contribution is 6.20. The number of allylic oxidation sites excluding steroid dienone is 4. The van der Waals surface area contributed by atoms with Gasteiger partial charge in [0, 0.05) is 38.4 Å². The normalized spacial score (nSPS) is 13.1. The van der Waals surface area contributed by atoms with E-state index in [4.69, 9.17) is 4.98 Å². The maximum atomic E-state index is 5.39. The van der Waals surface area contributed by atoms with Crippen molar-refractivity contribution in [2.24, 2.45) is 0 Å². The SMILES string of the molecule is C1=CCCC(c2cc(-c3ccccc3)nc(-n3c4ccccc4c4c(-c5cccc6c7ccccc7n(-c7ccccc7)c56)cccc43)c2)=C1. The van der Waals surface area contributed by atoms with E-state index in [1.54, 1.807) is 0 Å². The molecule has 0 saturated heterocycles. The van der Waals surface area contributed by atoms with Crippen LogP contribution >= 0.6 is 0 Å². The molecule has 0 amide bonds. The molecule has 3 heteroatoms. The van der Waals surface area contributed by atoms with Gasteiger partial charge in [0.2, 0.25) is 0 Å². The molecule has 3 heterocycles. The molecule has 0 bridgehead atoms. The summed E-state index contributed by atoms with van der Waals surface area (Å²) in [6.07, 6.45) is 8.76. The first-order chi connectivity index (χ1) is 24.8. The van der Waals surface area contributed by atoms with Crippen molar-refractivity contribution in [2.45, 2.75) is 12.8 Å². The van der Waals surface area contributed by atoms with Crippen LogP contribution in [0.1, 0.15) is 18.4 Å². The van der Waals surface area contributed by atoms with E-state index in [-0.39, 0.29) is 0 Å². The van der Waals surface area contributed by atoms with Crippen LogP contribution in [0.2, 0.25) is 0 Å². The van der Waals surface area contributed by atoms with Crippen molar-refractivity contribution >= 4 is 49.2 Å². The summed E-state index contributed by atoms with van der Waals surface area (Å²) in [7, 11) is 0. The zero-order chi connectivity index (χ0) is 33.0. The summed E-state index contributed by atoms with van der Waals surface area (Å²) in [5.74, 6) is 0.928. The fourth-order valence-corrected chi connectivity index (χ4v) is 7.99. The zero-order valence-corrected chi connectivity index (χ0v) is 27.5. The van der Waals surface area contributed by atoms with Crippen LogP contribution in [-0.4, -0.2) is 14.1 Å². The average molecular weight is 640 g/mol. The van der Waals surface area contributed by atoms with Gasteiger partial charge in [0.25, 0.3) is 0 Å². The maximum absolute atomic E-state index is 5.39. The third kappa shape index (κ3) is 4.48. The Labute approximate surface area is 290 Å². The Morgan fingerprint density at radius 1 is 0.500 bits per heavy atom. The minimum absolute atomic E-state index is 0.928. The molecule has 236 valence electrons. The van der Waals surface area contributed by atoms with E-state index in [0.29, 0.717) is 0 Å². The molecular weight excluding hydrogens is 607 g/mol. The Morgan fingerprint density at radius 2 is 1.16 bits per heavy atom. The van der Waals surface area contributed by atoms with Crippen LogP contribution in [0.15, 0.2) is 176 Å². The Hall–Kier alpha value is -6.45. The fraction of sp³-hybridized carbons (Fsp3) is 0.0426. The van der Waals surface area contributed by atoms with Crippen molar-refractivity contribution < 1.29 is 0 Å². The van der Waals surface area contributed by atoms with E-state index in [9.17, 15) is 0 Å². The largest absolute Gasteiger partial charge is 0.309 e. The minimum atomic E-state index is 0.928. The molecule has 50 heavy (non-hydrogen) atoms. The molecule has 0 aliphatic heterocycles. The quantitative estimate of drug-likeness (QED) is 0.184. The first kappa shape index (κ1) is 28.6. The summed E-state index contributed by atoms with van der Waals surface area (Å²) in [6.45, 7) is 0. The highest BCUT2D eigenvalue weighted by Gasteiger charge is 2.22. The summed E-state index contributed by atoms with van der Waals surface area (Å²) in [6, 6.07) is 56.9. The molecule has 6 aromatic carbocycles. The number of fused-ring (bicyclic) bond motifs is 6. The van der Waals surface area contributed by atoms with Crippen molar-refractivity contribution in [3.8, 4) is 33.9 Å². The number of hydrogen-bond acceptors (Lipinski definition) is 1. The molecule has 1 aliphatic carbocycles. The zero-order valence-electron chi connectivity index (χ0n) is 27.5. The Kier molecular flexibility index (Phi) is 6.63. The number of para-hydroxylation sites is 4. The third-order valence-electron chi connectivity index (χ3n) is 10.2. The lowest BCUT2D eigenvalue weighted by molar-refractivity contribution is 1.04. The van der Waals surface area contributed by atoms with Crippen LogP contribution in [0.5, 0.6) is 0 Å². The average Bonchev–Trinajstić information content (AvgIpc) is 3.72. The minimum Gasteiger partial charge on any atom is -0.309 e. The van der Waals surface area contributed by atoms with E-state index in [1.807, 2.05) is 0 Å². The number of rotatable bonds is 5. The fourth-order valence-electron chi connectivity index (χ4n) is 7.99. The van der Waals surface area contributed by atoms with Crippen molar-refractivity contribution in [3.05, 3.63) is 182 Å². The molecule has 10 rings (SSSR count). The number of benzene rings is 6. The molecule has 0 N–H and O–H groups in total. The third-order valence-corrected chi connectivity index (χ3v) is 10.2. The van der Waals surface area contributed by atoms with Crippen molar-refractivity contribution in [1.82, 2.24) is 14.1 Å². The van der Waals surface area contributed by atoms with Gasteiger partial charge in [-0.05, 0) is 72.0 Å². The monoisotopic (exact) mass is 639 g/mol. The van der Waals surface area contributed by atoms with Crippen LogP contribution < -0.4 is 0 Å². The van der Waals surface area contributed by atoms with Gasteiger partial charge in [-0.15, -0.1) is 0 Å². The standard InChI is InChI=1S/C47H33N3/c1-4-16-32(17-5-1)34-30-41(33-18-6-2-7-19-33)48-45(31-34)50-43-28-13-11-23-40(43)46-37(24-15-29-44(46)50)39-26-14-25-38-36-22-10-12-27-42(36)49(47(38)39)35-20-8-3-9-21-35/h1-4,6-16,18-31H,5,17H2. The number of pyridine rings is 1. The molecule has 3 nitrogen and oxygen atoms in total. The van der Waals surface area contributed by atoms with E-state index >= 15 is 0 Å². The lowest BCUT2D eigenvalue weighted by Crippen LogP contribution is -2.01. The Morgan fingerprint density at radius 3 is 1.96 bits per heavy atom. The van der Waals surface area contributed by atoms with Crippen LogP contribution in [0.4, 0.5) is 0 Å². The van der Waals surface area contributed by atoms with Crippen LogP contribution in [0.3, 0.4) is 0 Å². The van der Waals surface area contributed by atoms with Crippen LogP contribution in [0, 0.1) is 0 Å². The highest BCUT2D eigenvalue weighted by atomic mass is 15.1. The summed E-state index contributed by atoms with van der Waals surface area (Å²) < 4.78 is 4.80. The Bertz CT molecular complexity index is 2800. The lowest BCUT2D eigenvalue weighted by atomic mass is 9.96. The van der Waals surface area contributed by atoms with E-state index in [0.717, 1.165) is 46.6 Å². The molecule has 0 spiro atoms. The van der Waals surface area contributed by atoms with Crippen molar-refractivity contribution in [1.29, 1.82) is 0 Å². The molecule has 0 atom stereocenters. The first-order valence-corrected chi connectivity index (χ1v) is 17.4. The molecule has 0 unspecified atom stereocenters. The lowest BCUT2D eigenvalue weighted by Gasteiger charge is -2.15. The Balaban J connectivity index is 1.29. The predicted molar refractivity (Wildman–Crippen MR) is 210 cm³/mol. The van der Waals surface area contributed by atoms with Gasteiger partial charge in [0.1, 0.15) is 5.82 Å². The summed E-state index contributed by atoms with van der Waals surface area (Å²) in [5, 5.41) is 4.95. The van der Waals surface area contributed by atoms with Gasteiger partial charge in [-0.3, -0.25) is 4.57 Å².